The van der Waals surface area contributed by atoms with Gasteiger partial charge in [-0.2, -0.15) is 15.0 Å². The fraction of sp³-hybridized carbons (Fsp3) is 0.700. The highest BCUT2D eigenvalue weighted by Crippen LogP contribution is 2.28. The summed E-state index contributed by atoms with van der Waals surface area (Å²) in [5, 5.41) is 0.314. The predicted molar refractivity (Wildman–Crippen MR) is 66.7 cm³/mol. The molecular formula is C10H13Cl2N5. The summed E-state index contributed by atoms with van der Waals surface area (Å²) in [4.78, 5) is 16.6. The standard InChI is InChI=1S/C10H13Cl2N5/c11-8-13-9(12)15-10(14-8)17-5-3-16(4-6-17)7-1-2-7/h7H,1-6H2. The van der Waals surface area contributed by atoms with Crippen LogP contribution in [0.4, 0.5) is 5.95 Å². The number of nitrogens with zero attached hydrogens (tertiary/aromatic N) is 5. The van der Waals surface area contributed by atoms with Gasteiger partial charge in [0.05, 0.1) is 0 Å². The van der Waals surface area contributed by atoms with Crippen molar-refractivity contribution in [2.24, 2.45) is 0 Å². The Morgan fingerprint density at radius 1 is 0.882 bits per heavy atom. The molecule has 1 aromatic heterocycles. The van der Waals surface area contributed by atoms with Gasteiger partial charge >= 0.3 is 0 Å². The number of hydrogen-bond acceptors (Lipinski definition) is 5. The first-order valence-electron chi connectivity index (χ1n) is 5.78. The second kappa shape index (κ2) is 4.55. The van der Waals surface area contributed by atoms with E-state index in [1.165, 1.54) is 12.8 Å². The van der Waals surface area contributed by atoms with Crippen molar-refractivity contribution in [2.45, 2.75) is 18.9 Å². The monoisotopic (exact) mass is 273 g/mol. The Morgan fingerprint density at radius 3 is 2.00 bits per heavy atom. The molecule has 7 heteroatoms. The van der Waals surface area contributed by atoms with Crippen LogP contribution in [0.15, 0.2) is 0 Å². The molecule has 2 heterocycles. The zero-order valence-corrected chi connectivity index (χ0v) is 10.8. The Morgan fingerprint density at radius 2 is 1.47 bits per heavy atom. The summed E-state index contributed by atoms with van der Waals surface area (Å²) in [6.07, 6.45) is 2.70. The van der Waals surface area contributed by atoms with Crippen LogP contribution in [0.2, 0.25) is 10.6 Å². The summed E-state index contributed by atoms with van der Waals surface area (Å²) in [5.74, 6) is 0.588. The number of piperazine rings is 1. The van der Waals surface area contributed by atoms with E-state index in [1.54, 1.807) is 0 Å². The van der Waals surface area contributed by atoms with Gasteiger partial charge in [0.1, 0.15) is 0 Å². The summed E-state index contributed by atoms with van der Waals surface area (Å²) in [6, 6.07) is 0.822. The number of anilines is 1. The van der Waals surface area contributed by atoms with E-state index >= 15 is 0 Å². The molecule has 0 amide bonds. The lowest BCUT2D eigenvalue weighted by molar-refractivity contribution is 0.247. The van der Waals surface area contributed by atoms with E-state index in [0.29, 0.717) is 5.95 Å². The molecule has 0 radical (unpaired) electrons. The van der Waals surface area contributed by atoms with Gasteiger partial charge in [-0.25, -0.2) is 0 Å². The van der Waals surface area contributed by atoms with E-state index in [-0.39, 0.29) is 10.6 Å². The van der Waals surface area contributed by atoms with Gasteiger partial charge in [-0.05, 0) is 36.0 Å². The van der Waals surface area contributed by atoms with E-state index < -0.39 is 0 Å². The van der Waals surface area contributed by atoms with Crippen molar-refractivity contribution in [1.82, 2.24) is 19.9 Å². The summed E-state index contributed by atoms with van der Waals surface area (Å²) in [5.41, 5.74) is 0. The first-order valence-corrected chi connectivity index (χ1v) is 6.54. The van der Waals surface area contributed by atoms with Crippen molar-refractivity contribution >= 4 is 29.2 Å². The highest BCUT2D eigenvalue weighted by Gasteiger charge is 2.31. The third kappa shape index (κ3) is 2.61. The number of hydrogen-bond donors (Lipinski definition) is 0. The minimum Gasteiger partial charge on any atom is -0.338 e. The van der Waals surface area contributed by atoms with Crippen molar-refractivity contribution in [3.63, 3.8) is 0 Å². The van der Waals surface area contributed by atoms with Crippen LogP contribution in [-0.4, -0.2) is 52.1 Å². The van der Waals surface area contributed by atoms with Crippen LogP contribution in [0.5, 0.6) is 0 Å². The van der Waals surface area contributed by atoms with Crippen LogP contribution in [0.25, 0.3) is 0 Å². The summed E-state index contributed by atoms with van der Waals surface area (Å²) in [7, 11) is 0. The van der Waals surface area contributed by atoms with Crippen molar-refractivity contribution in [3.8, 4) is 0 Å². The normalized spacial score (nSPS) is 21.9. The SMILES string of the molecule is Clc1nc(Cl)nc(N2CCN(C3CC3)CC2)n1. The molecule has 92 valence electrons. The third-order valence-corrected chi connectivity index (χ3v) is 3.57. The zero-order valence-electron chi connectivity index (χ0n) is 9.31. The lowest BCUT2D eigenvalue weighted by Crippen LogP contribution is -2.47. The van der Waals surface area contributed by atoms with Crippen LogP contribution in [0.3, 0.4) is 0 Å². The summed E-state index contributed by atoms with van der Waals surface area (Å²) < 4.78 is 0. The molecule has 1 saturated heterocycles. The topological polar surface area (TPSA) is 45.2 Å². The van der Waals surface area contributed by atoms with E-state index in [4.69, 9.17) is 23.2 Å². The predicted octanol–water partition coefficient (Wildman–Crippen LogP) is 1.46. The molecule has 0 unspecified atom stereocenters. The molecule has 0 atom stereocenters. The van der Waals surface area contributed by atoms with Crippen LogP contribution in [0.1, 0.15) is 12.8 Å². The minimum absolute atomic E-state index is 0.157. The molecular weight excluding hydrogens is 261 g/mol. The molecule has 1 saturated carbocycles. The molecule has 1 aliphatic carbocycles. The van der Waals surface area contributed by atoms with E-state index in [1.807, 2.05) is 0 Å². The lowest BCUT2D eigenvalue weighted by atomic mass is 10.3. The molecule has 2 aliphatic rings. The highest BCUT2D eigenvalue weighted by molar-refractivity contribution is 6.31. The number of aromatic nitrogens is 3. The van der Waals surface area contributed by atoms with Gasteiger partial charge in [0, 0.05) is 32.2 Å². The molecule has 0 N–H and O–H groups in total. The molecule has 1 aliphatic heterocycles. The van der Waals surface area contributed by atoms with Crippen molar-refractivity contribution in [1.29, 1.82) is 0 Å². The lowest BCUT2D eigenvalue weighted by Gasteiger charge is -2.34. The quantitative estimate of drug-likeness (QED) is 0.817. The highest BCUT2D eigenvalue weighted by atomic mass is 35.5. The largest absolute Gasteiger partial charge is 0.338 e. The van der Waals surface area contributed by atoms with Gasteiger partial charge in [0.2, 0.25) is 16.5 Å². The van der Waals surface area contributed by atoms with Gasteiger partial charge in [-0.15, -0.1) is 0 Å². The van der Waals surface area contributed by atoms with Gasteiger partial charge in [0.15, 0.2) is 0 Å². The zero-order chi connectivity index (χ0) is 11.8. The molecule has 0 aromatic carbocycles. The van der Waals surface area contributed by atoms with Gasteiger partial charge < -0.3 is 4.90 Å². The summed E-state index contributed by atoms with van der Waals surface area (Å²) >= 11 is 11.5. The van der Waals surface area contributed by atoms with Gasteiger partial charge in [0.25, 0.3) is 0 Å². The van der Waals surface area contributed by atoms with Crippen LogP contribution in [-0.2, 0) is 0 Å². The molecule has 5 nitrogen and oxygen atoms in total. The fourth-order valence-corrected chi connectivity index (χ4v) is 2.54. The maximum Gasteiger partial charge on any atom is 0.231 e. The average Bonchev–Trinajstić information content (AvgIpc) is 3.12. The number of halogens is 2. The third-order valence-electron chi connectivity index (χ3n) is 3.23. The molecule has 2 fully saturated rings. The van der Waals surface area contributed by atoms with E-state index in [2.05, 4.69) is 24.8 Å². The Bertz CT molecular complexity index is 395. The van der Waals surface area contributed by atoms with E-state index in [9.17, 15) is 0 Å². The maximum absolute atomic E-state index is 5.77. The van der Waals surface area contributed by atoms with Gasteiger partial charge in [-0.1, -0.05) is 0 Å². The van der Waals surface area contributed by atoms with E-state index in [0.717, 1.165) is 32.2 Å². The van der Waals surface area contributed by atoms with Crippen LogP contribution < -0.4 is 4.90 Å². The average molecular weight is 274 g/mol. The van der Waals surface area contributed by atoms with Crippen molar-refractivity contribution in [2.75, 3.05) is 31.1 Å². The summed E-state index contributed by atoms with van der Waals surface area (Å²) in [6.45, 7) is 3.97. The molecule has 3 rings (SSSR count). The molecule has 0 bridgehead atoms. The van der Waals surface area contributed by atoms with Crippen LogP contribution in [0, 0.1) is 0 Å². The fourth-order valence-electron chi connectivity index (χ4n) is 2.18. The Labute approximate surface area is 110 Å². The molecule has 0 spiro atoms. The Kier molecular flexibility index (Phi) is 3.06. The first-order chi connectivity index (χ1) is 8.22. The first kappa shape index (κ1) is 11.4. The smallest absolute Gasteiger partial charge is 0.231 e. The van der Waals surface area contributed by atoms with Gasteiger partial charge in [-0.3, -0.25) is 4.90 Å². The second-order valence-electron chi connectivity index (χ2n) is 4.43. The molecule has 1 aromatic rings. The van der Waals surface area contributed by atoms with Crippen molar-refractivity contribution < 1.29 is 0 Å². The van der Waals surface area contributed by atoms with Crippen molar-refractivity contribution in [3.05, 3.63) is 10.6 Å². The minimum atomic E-state index is 0.157. The Hall–Kier alpha value is -0.650. The number of rotatable bonds is 2. The molecule has 17 heavy (non-hydrogen) atoms. The van der Waals surface area contributed by atoms with Crippen LogP contribution >= 0.6 is 23.2 Å². The Balaban J connectivity index is 1.68. The second-order valence-corrected chi connectivity index (χ2v) is 5.10. The maximum atomic E-state index is 5.77.